The lowest BCUT2D eigenvalue weighted by Crippen LogP contribution is -2.45. The second-order valence-electron chi connectivity index (χ2n) is 8.28. The van der Waals surface area contributed by atoms with E-state index < -0.39 is 33.8 Å². The summed E-state index contributed by atoms with van der Waals surface area (Å²) in [5.41, 5.74) is 3.36. The van der Waals surface area contributed by atoms with Gasteiger partial charge in [-0.3, -0.25) is 9.59 Å². The first-order chi connectivity index (χ1) is 15.9. The highest BCUT2D eigenvalue weighted by atomic mass is 32.2. The molecule has 0 radical (unpaired) electrons. The van der Waals surface area contributed by atoms with Crippen LogP contribution >= 0.6 is 0 Å². The molecule has 3 rings (SSSR count). The minimum atomic E-state index is -4.14. The molecule has 2 amide bonds. The van der Waals surface area contributed by atoms with Gasteiger partial charge < -0.3 is 4.74 Å². The number of hydrogen-bond donors (Lipinski definition) is 0. The number of carbonyl (C=O) groups is 3. The van der Waals surface area contributed by atoms with Crippen LogP contribution in [0.3, 0.4) is 0 Å². The summed E-state index contributed by atoms with van der Waals surface area (Å²) in [7, 11) is -2.88. The van der Waals surface area contributed by atoms with Gasteiger partial charge in [0.1, 0.15) is 6.04 Å². The molecule has 1 saturated heterocycles. The van der Waals surface area contributed by atoms with Crippen molar-refractivity contribution in [3.63, 3.8) is 0 Å². The first-order valence-electron chi connectivity index (χ1n) is 10.7. The molecule has 2 aromatic rings. The van der Waals surface area contributed by atoms with Gasteiger partial charge in [0.15, 0.2) is 0 Å². The summed E-state index contributed by atoms with van der Waals surface area (Å²) in [6.07, 6.45) is 1.10. The average molecular weight is 485 g/mol. The van der Waals surface area contributed by atoms with Crippen molar-refractivity contribution in [2.24, 2.45) is 0 Å². The van der Waals surface area contributed by atoms with Crippen LogP contribution in [-0.2, 0) is 24.3 Å². The van der Waals surface area contributed by atoms with Crippen molar-refractivity contribution < 1.29 is 27.5 Å². The van der Waals surface area contributed by atoms with Crippen LogP contribution in [-0.4, -0.2) is 50.2 Å². The average Bonchev–Trinajstić information content (AvgIpc) is 3.08. The number of amides is 2. The van der Waals surface area contributed by atoms with Crippen molar-refractivity contribution in [3.8, 4) is 0 Å². The molecular weight excluding hydrogens is 456 g/mol. The molecule has 34 heavy (non-hydrogen) atoms. The lowest BCUT2D eigenvalue weighted by Gasteiger charge is -2.28. The van der Waals surface area contributed by atoms with Crippen LogP contribution < -0.4 is 4.90 Å². The van der Waals surface area contributed by atoms with E-state index in [0.717, 1.165) is 20.3 Å². The van der Waals surface area contributed by atoms with Crippen LogP contribution in [0, 0.1) is 27.7 Å². The van der Waals surface area contributed by atoms with Crippen LogP contribution in [0.1, 0.15) is 39.0 Å². The molecule has 0 aromatic heterocycles. The number of benzene rings is 2. The standard InChI is InChI=1S/C25H28N2O6S/c1-7-12-26(34(31,32)23-17(4)15(2)13-16(3)18(23)5)21-14-22(28)27(24(21)29)20-10-8-19(9-11-20)25(30)33-6/h7-11,13,21H,1,12,14H2,2-6H3. The molecule has 9 heteroatoms. The quantitative estimate of drug-likeness (QED) is 0.340. The molecule has 8 nitrogen and oxygen atoms in total. The van der Waals surface area contributed by atoms with Gasteiger partial charge in [-0.15, -0.1) is 6.58 Å². The van der Waals surface area contributed by atoms with Gasteiger partial charge >= 0.3 is 5.97 Å². The number of nitrogens with zero attached hydrogens (tertiary/aromatic N) is 2. The summed E-state index contributed by atoms with van der Waals surface area (Å²) < 4.78 is 33.4. The lowest BCUT2D eigenvalue weighted by molar-refractivity contribution is -0.122. The van der Waals surface area contributed by atoms with Crippen molar-refractivity contribution in [3.05, 3.63) is 70.8 Å². The van der Waals surface area contributed by atoms with Crippen LogP contribution in [0.15, 0.2) is 47.9 Å². The second-order valence-corrected chi connectivity index (χ2v) is 10.1. The topological polar surface area (TPSA) is 101 Å². The molecule has 1 heterocycles. The van der Waals surface area contributed by atoms with Gasteiger partial charge in [0.2, 0.25) is 15.9 Å². The summed E-state index contributed by atoms with van der Waals surface area (Å²) in [6, 6.07) is 6.50. The Kier molecular flexibility index (Phi) is 7.09. The molecule has 1 aliphatic rings. The SMILES string of the molecule is C=CCN(C1CC(=O)N(c2ccc(C(=O)OC)cc2)C1=O)S(=O)(=O)c1c(C)c(C)cc(C)c1C. The van der Waals surface area contributed by atoms with E-state index in [1.165, 1.54) is 37.5 Å². The zero-order chi connectivity index (χ0) is 25.4. The van der Waals surface area contributed by atoms with Crippen molar-refractivity contribution in [1.82, 2.24) is 4.31 Å². The van der Waals surface area contributed by atoms with E-state index in [4.69, 9.17) is 0 Å². The van der Waals surface area contributed by atoms with Gasteiger partial charge in [0.05, 0.1) is 29.7 Å². The number of anilines is 1. The van der Waals surface area contributed by atoms with E-state index in [-0.39, 0.29) is 29.1 Å². The van der Waals surface area contributed by atoms with Gasteiger partial charge in [0, 0.05) is 6.54 Å². The Labute approximate surface area is 199 Å². The molecule has 0 spiro atoms. The first-order valence-corrected chi connectivity index (χ1v) is 12.1. The summed E-state index contributed by atoms with van der Waals surface area (Å²) >= 11 is 0. The van der Waals surface area contributed by atoms with E-state index in [1.54, 1.807) is 13.8 Å². The number of imide groups is 1. The summed E-state index contributed by atoms with van der Waals surface area (Å²) in [6.45, 7) is 10.7. The monoisotopic (exact) mass is 484 g/mol. The number of methoxy groups -OCH3 is 1. The minimum absolute atomic E-state index is 0.132. The van der Waals surface area contributed by atoms with Crippen LogP contribution in [0.5, 0.6) is 0 Å². The predicted molar refractivity (Wildman–Crippen MR) is 128 cm³/mol. The molecule has 1 atom stereocenters. The Morgan fingerprint density at radius 3 is 2.18 bits per heavy atom. The van der Waals surface area contributed by atoms with E-state index in [1.807, 2.05) is 19.9 Å². The molecule has 180 valence electrons. The molecular formula is C25H28N2O6S. The van der Waals surface area contributed by atoms with Crippen molar-refractivity contribution >= 4 is 33.5 Å². The Hall–Kier alpha value is -3.30. The fourth-order valence-corrected chi connectivity index (χ4v) is 6.31. The first kappa shape index (κ1) is 25.3. The molecule has 1 fully saturated rings. The maximum absolute atomic E-state index is 13.8. The molecule has 1 unspecified atom stereocenters. The number of sulfonamides is 1. The molecule has 0 bridgehead atoms. The third-order valence-corrected chi connectivity index (χ3v) is 8.34. The Morgan fingerprint density at radius 2 is 1.68 bits per heavy atom. The highest BCUT2D eigenvalue weighted by Gasteiger charge is 2.47. The zero-order valence-corrected chi connectivity index (χ0v) is 20.7. The van der Waals surface area contributed by atoms with E-state index in [0.29, 0.717) is 11.1 Å². The van der Waals surface area contributed by atoms with Crippen molar-refractivity contribution in [2.75, 3.05) is 18.6 Å². The maximum atomic E-state index is 13.8. The highest BCUT2D eigenvalue weighted by Crippen LogP contribution is 2.33. The Balaban J connectivity index is 2.04. The smallest absolute Gasteiger partial charge is 0.337 e. The largest absolute Gasteiger partial charge is 0.465 e. The van der Waals surface area contributed by atoms with Gasteiger partial charge in [-0.05, 0) is 74.2 Å². The molecule has 0 aliphatic carbocycles. The van der Waals surface area contributed by atoms with Crippen LogP contribution in [0.25, 0.3) is 0 Å². The Morgan fingerprint density at radius 1 is 1.12 bits per heavy atom. The second kappa shape index (κ2) is 9.52. The van der Waals surface area contributed by atoms with E-state index in [2.05, 4.69) is 11.3 Å². The summed E-state index contributed by atoms with van der Waals surface area (Å²) in [4.78, 5) is 39.0. The van der Waals surface area contributed by atoms with Gasteiger partial charge in [-0.25, -0.2) is 18.1 Å². The normalized spacial score (nSPS) is 16.3. The van der Waals surface area contributed by atoms with Crippen LogP contribution in [0.4, 0.5) is 5.69 Å². The van der Waals surface area contributed by atoms with E-state index in [9.17, 15) is 22.8 Å². The van der Waals surface area contributed by atoms with Gasteiger partial charge in [-0.1, -0.05) is 12.1 Å². The van der Waals surface area contributed by atoms with Gasteiger partial charge in [0.25, 0.3) is 5.91 Å². The van der Waals surface area contributed by atoms with Crippen molar-refractivity contribution in [1.29, 1.82) is 0 Å². The molecule has 2 aromatic carbocycles. The number of carbonyl (C=O) groups excluding carboxylic acids is 3. The summed E-state index contributed by atoms with van der Waals surface area (Å²) in [5.74, 6) is -1.73. The van der Waals surface area contributed by atoms with Crippen LogP contribution in [0.2, 0.25) is 0 Å². The zero-order valence-electron chi connectivity index (χ0n) is 19.9. The third kappa shape index (κ3) is 4.28. The maximum Gasteiger partial charge on any atom is 0.337 e. The number of ether oxygens (including phenoxy) is 1. The fraction of sp³-hybridized carbons (Fsp3) is 0.320. The number of esters is 1. The van der Waals surface area contributed by atoms with Crippen molar-refractivity contribution in [2.45, 2.75) is 45.1 Å². The van der Waals surface area contributed by atoms with E-state index >= 15 is 0 Å². The molecule has 0 N–H and O–H groups in total. The number of rotatable bonds is 7. The molecule has 1 aliphatic heterocycles. The fourth-order valence-electron chi connectivity index (χ4n) is 4.18. The minimum Gasteiger partial charge on any atom is -0.465 e. The highest BCUT2D eigenvalue weighted by molar-refractivity contribution is 7.89. The predicted octanol–water partition coefficient (Wildman–Crippen LogP) is 3.22. The summed E-state index contributed by atoms with van der Waals surface area (Å²) in [5, 5.41) is 0. The number of aryl methyl sites for hydroxylation is 2. The Bertz CT molecular complexity index is 1260. The molecule has 0 saturated carbocycles. The number of hydrogen-bond acceptors (Lipinski definition) is 6. The van der Waals surface area contributed by atoms with Gasteiger partial charge in [-0.2, -0.15) is 4.31 Å². The third-order valence-electron chi connectivity index (χ3n) is 6.19. The lowest BCUT2D eigenvalue weighted by atomic mass is 10.0.